The highest BCUT2D eigenvalue weighted by Gasteiger charge is 2.10. The van der Waals surface area contributed by atoms with Crippen molar-refractivity contribution in [1.29, 1.82) is 0 Å². The van der Waals surface area contributed by atoms with Crippen molar-refractivity contribution >= 4 is 11.6 Å². The van der Waals surface area contributed by atoms with Gasteiger partial charge in [0.25, 0.3) is 0 Å². The van der Waals surface area contributed by atoms with E-state index in [1.54, 1.807) is 0 Å². The Balaban J connectivity index is 2.46. The van der Waals surface area contributed by atoms with Crippen LogP contribution in [0.2, 0.25) is 5.02 Å². The van der Waals surface area contributed by atoms with Crippen LogP contribution < -0.4 is 5.73 Å². The van der Waals surface area contributed by atoms with Crippen LogP contribution in [0.4, 0.5) is 0 Å². The molecule has 0 aromatic heterocycles. The van der Waals surface area contributed by atoms with Gasteiger partial charge >= 0.3 is 0 Å². The number of nitrogens with zero attached hydrogens (tertiary/aromatic N) is 1. The first kappa shape index (κ1) is 13.5. The molecule has 0 aliphatic rings. The summed E-state index contributed by atoms with van der Waals surface area (Å²) < 4.78 is 0. The van der Waals surface area contributed by atoms with Crippen LogP contribution in [-0.2, 0) is 0 Å². The van der Waals surface area contributed by atoms with E-state index < -0.39 is 0 Å². The maximum absolute atomic E-state index is 6.13. The predicted octanol–water partition coefficient (Wildman–Crippen LogP) is 3.07. The lowest BCUT2D eigenvalue weighted by Gasteiger charge is -2.19. The second-order valence-corrected chi connectivity index (χ2v) is 4.63. The molecule has 1 unspecified atom stereocenters. The smallest absolute Gasteiger partial charge is 0.0453 e. The summed E-state index contributed by atoms with van der Waals surface area (Å²) in [6, 6.07) is 7.85. The van der Waals surface area contributed by atoms with E-state index in [2.05, 4.69) is 18.9 Å². The van der Waals surface area contributed by atoms with Gasteiger partial charge in [0, 0.05) is 11.1 Å². The third-order valence-corrected chi connectivity index (χ3v) is 3.08. The lowest BCUT2D eigenvalue weighted by molar-refractivity contribution is 0.319. The molecule has 90 valence electrons. The summed E-state index contributed by atoms with van der Waals surface area (Å²) in [4.78, 5) is 2.30. The quantitative estimate of drug-likeness (QED) is 0.828. The molecule has 2 N–H and O–H groups in total. The number of halogens is 1. The van der Waals surface area contributed by atoms with Crippen molar-refractivity contribution in [3.8, 4) is 0 Å². The minimum atomic E-state index is 0.0352. The molecule has 0 heterocycles. The first-order valence-corrected chi connectivity index (χ1v) is 6.21. The van der Waals surface area contributed by atoms with Crippen LogP contribution in [0.25, 0.3) is 0 Å². The molecule has 1 atom stereocenters. The van der Waals surface area contributed by atoms with Crippen LogP contribution in [0.3, 0.4) is 0 Å². The monoisotopic (exact) mass is 240 g/mol. The average Bonchev–Trinajstić information content (AvgIpc) is 2.27. The molecule has 16 heavy (non-hydrogen) atoms. The highest BCUT2D eigenvalue weighted by molar-refractivity contribution is 6.31. The maximum atomic E-state index is 6.13. The Hall–Kier alpha value is -0.570. The summed E-state index contributed by atoms with van der Waals surface area (Å²) in [7, 11) is 2.13. The largest absolute Gasteiger partial charge is 0.324 e. The Morgan fingerprint density at radius 3 is 2.62 bits per heavy atom. The van der Waals surface area contributed by atoms with Crippen LogP contribution in [0.5, 0.6) is 0 Å². The minimum absolute atomic E-state index is 0.0352. The van der Waals surface area contributed by atoms with Crippen molar-refractivity contribution in [2.75, 3.05) is 20.1 Å². The van der Waals surface area contributed by atoms with Gasteiger partial charge in [0.2, 0.25) is 0 Å². The molecule has 1 aromatic rings. The Bertz CT molecular complexity index is 315. The molecule has 0 aliphatic carbocycles. The topological polar surface area (TPSA) is 29.3 Å². The zero-order chi connectivity index (χ0) is 12.0. The van der Waals surface area contributed by atoms with Crippen LogP contribution in [-0.4, -0.2) is 25.0 Å². The number of hydrogen-bond donors (Lipinski definition) is 1. The molecule has 1 aromatic carbocycles. The maximum Gasteiger partial charge on any atom is 0.0453 e. The third-order valence-electron chi connectivity index (χ3n) is 2.73. The van der Waals surface area contributed by atoms with E-state index in [0.29, 0.717) is 0 Å². The Kier molecular flexibility index (Phi) is 5.81. The second kappa shape index (κ2) is 6.89. The van der Waals surface area contributed by atoms with Gasteiger partial charge in [-0.25, -0.2) is 0 Å². The summed E-state index contributed by atoms with van der Waals surface area (Å²) in [6.07, 6.45) is 2.12. The molecule has 3 heteroatoms. The fourth-order valence-corrected chi connectivity index (χ4v) is 2.06. The first-order valence-electron chi connectivity index (χ1n) is 5.83. The van der Waals surface area contributed by atoms with Crippen LogP contribution >= 0.6 is 11.6 Å². The molecule has 2 nitrogen and oxygen atoms in total. The van der Waals surface area contributed by atoms with Crippen LogP contribution in [0.1, 0.15) is 31.4 Å². The van der Waals surface area contributed by atoms with Crippen molar-refractivity contribution in [3.63, 3.8) is 0 Å². The lowest BCUT2D eigenvalue weighted by atomic mass is 10.0. The molecule has 0 saturated heterocycles. The zero-order valence-corrected chi connectivity index (χ0v) is 10.9. The van der Waals surface area contributed by atoms with E-state index in [1.807, 2.05) is 24.3 Å². The SMILES string of the molecule is CCCN(C)CCC(N)c1ccccc1Cl. The van der Waals surface area contributed by atoms with Gasteiger partial charge in [-0.3, -0.25) is 0 Å². The Morgan fingerprint density at radius 1 is 1.31 bits per heavy atom. The van der Waals surface area contributed by atoms with E-state index >= 15 is 0 Å². The van der Waals surface area contributed by atoms with Crippen LogP contribution in [0, 0.1) is 0 Å². The fourth-order valence-electron chi connectivity index (χ4n) is 1.78. The summed E-state index contributed by atoms with van der Waals surface area (Å²) in [5, 5.41) is 0.771. The standard InChI is InChI=1S/C13H21ClN2/c1-3-9-16(2)10-8-13(15)11-6-4-5-7-12(11)14/h4-7,13H,3,8-10,15H2,1-2H3. The van der Waals surface area contributed by atoms with Gasteiger partial charge in [0.1, 0.15) is 0 Å². The Morgan fingerprint density at radius 2 is 2.00 bits per heavy atom. The molecular formula is C13H21ClN2. The minimum Gasteiger partial charge on any atom is -0.324 e. The molecule has 0 saturated carbocycles. The lowest BCUT2D eigenvalue weighted by Crippen LogP contribution is -2.24. The van der Waals surface area contributed by atoms with Crippen molar-refractivity contribution in [1.82, 2.24) is 4.90 Å². The van der Waals surface area contributed by atoms with Crippen molar-refractivity contribution in [2.45, 2.75) is 25.8 Å². The fraction of sp³-hybridized carbons (Fsp3) is 0.538. The number of nitrogens with two attached hydrogens (primary N) is 1. The van der Waals surface area contributed by atoms with E-state index in [1.165, 1.54) is 6.42 Å². The van der Waals surface area contributed by atoms with Gasteiger partial charge in [-0.05, 0) is 44.6 Å². The highest BCUT2D eigenvalue weighted by Crippen LogP contribution is 2.23. The van der Waals surface area contributed by atoms with Gasteiger partial charge in [-0.15, -0.1) is 0 Å². The van der Waals surface area contributed by atoms with Gasteiger partial charge in [0.15, 0.2) is 0 Å². The predicted molar refractivity (Wildman–Crippen MR) is 70.8 cm³/mol. The second-order valence-electron chi connectivity index (χ2n) is 4.22. The number of rotatable bonds is 6. The summed E-state index contributed by atoms with van der Waals surface area (Å²) in [5.41, 5.74) is 7.18. The Labute approximate surface area is 103 Å². The molecule has 0 spiro atoms. The highest BCUT2D eigenvalue weighted by atomic mass is 35.5. The first-order chi connectivity index (χ1) is 7.65. The van der Waals surface area contributed by atoms with Gasteiger partial charge in [0.05, 0.1) is 0 Å². The average molecular weight is 241 g/mol. The van der Waals surface area contributed by atoms with Crippen molar-refractivity contribution in [3.05, 3.63) is 34.9 Å². The van der Waals surface area contributed by atoms with Crippen LogP contribution in [0.15, 0.2) is 24.3 Å². The van der Waals surface area contributed by atoms with E-state index in [0.717, 1.165) is 30.1 Å². The van der Waals surface area contributed by atoms with Crippen molar-refractivity contribution in [2.24, 2.45) is 5.73 Å². The molecule has 1 rings (SSSR count). The summed E-state index contributed by atoms with van der Waals surface area (Å²) >= 11 is 6.10. The van der Waals surface area contributed by atoms with Gasteiger partial charge < -0.3 is 10.6 Å². The molecule has 0 amide bonds. The summed E-state index contributed by atoms with van der Waals surface area (Å²) in [6.45, 7) is 4.32. The molecule has 0 aliphatic heterocycles. The van der Waals surface area contributed by atoms with Crippen molar-refractivity contribution < 1.29 is 0 Å². The molecule has 0 fully saturated rings. The molecular weight excluding hydrogens is 220 g/mol. The zero-order valence-electron chi connectivity index (χ0n) is 10.1. The number of benzene rings is 1. The molecule has 0 radical (unpaired) electrons. The normalized spacial score (nSPS) is 13.1. The van der Waals surface area contributed by atoms with E-state index in [-0.39, 0.29) is 6.04 Å². The van der Waals surface area contributed by atoms with Gasteiger partial charge in [-0.1, -0.05) is 36.7 Å². The molecule has 0 bridgehead atoms. The summed E-state index contributed by atoms with van der Waals surface area (Å²) in [5.74, 6) is 0. The van der Waals surface area contributed by atoms with Gasteiger partial charge in [-0.2, -0.15) is 0 Å². The van der Waals surface area contributed by atoms with E-state index in [4.69, 9.17) is 17.3 Å². The van der Waals surface area contributed by atoms with E-state index in [9.17, 15) is 0 Å². The number of hydrogen-bond acceptors (Lipinski definition) is 2. The third kappa shape index (κ3) is 4.12.